The van der Waals surface area contributed by atoms with Crippen molar-refractivity contribution in [2.75, 3.05) is 0 Å². The van der Waals surface area contributed by atoms with Crippen molar-refractivity contribution in [1.29, 1.82) is 0 Å². The van der Waals surface area contributed by atoms with E-state index in [1.807, 2.05) is 26.8 Å². The number of pyridine rings is 1. The molecular formula is C24H30BrN2O3Si. The summed E-state index contributed by atoms with van der Waals surface area (Å²) in [6.45, 7) is 17.2. The van der Waals surface area contributed by atoms with Crippen LogP contribution in [-0.4, -0.2) is 29.4 Å². The minimum absolute atomic E-state index is 0.0887. The van der Waals surface area contributed by atoms with Crippen molar-refractivity contribution < 1.29 is 14.6 Å². The molecular weight excluding hydrogens is 472 g/mol. The maximum absolute atomic E-state index is 11.9. The molecule has 1 radical (unpaired) electrons. The van der Waals surface area contributed by atoms with Gasteiger partial charge in [-0.2, -0.15) is 0 Å². The predicted octanol–water partition coefficient (Wildman–Crippen LogP) is 6.30. The Hall–Kier alpha value is -2.12. The third-order valence-corrected chi connectivity index (χ3v) is 7.16. The molecule has 5 nitrogen and oxygen atoms in total. The zero-order chi connectivity index (χ0) is 23.3. The minimum Gasteiger partial charge on any atom is -0.478 e. The van der Waals surface area contributed by atoms with Crippen LogP contribution in [0, 0.1) is 0 Å². The van der Waals surface area contributed by atoms with Crippen molar-refractivity contribution in [3.63, 3.8) is 0 Å². The molecule has 7 heteroatoms. The van der Waals surface area contributed by atoms with Crippen LogP contribution < -0.4 is 10.1 Å². The number of carboxylic acid groups (broad SMARTS) is 1. The standard InChI is InChI=1S/C24H30BrN2O3Si/c1-23(2,3)19-17(25)10-9-16(22(28)29)20(19)30-15-11-14-12-18(31(7)8)27(24(4,5)6)21(14)26-13-15/h9-13H,1-8H3,(H,28,29). The Kier molecular flexibility index (Phi) is 6.15. The van der Waals surface area contributed by atoms with Gasteiger partial charge in [0.25, 0.3) is 0 Å². The first kappa shape index (κ1) is 23.5. The molecule has 31 heavy (non-hydrogen) atoms. The highest BCUT2D eigenvalue weighted by Gasteiger charge is 2.28. The molecule has 0 spiro atoms. The smallest absolute Gasteiger partial charge is 0.339 e. The highest BCUT2D eigenvalue weighted by atomic mass is 79.9. The monoisotopic (exact) mass is 501 g/mol. The van der Waals surface area contributed by atoms with E-state index >= 15 is 0 Å². The van der Waals surface area contributed by atoms with Crippen LogP contribution >= 0.6 is 15.9 Å². The van der Waals surface area contributed by atoms with Gasteiger partial charge in [-0.25, -0.2) is 9.78 Å². The Morgan fingerprint density at radius 1 is 1.13 bits per heavy atom. The lowest BCUT2D eigenvalue weighted by Crippen LogP contribution is -2.38. The fourth-order valence-electron chi connectivity index (χ4n) is 3.83. The number of hydrogen-bond acceptors (Lipinski definition) is 3. The van der Waals surface area contributed by atoms with Gasteiger partial charge >= 0.3 is 5.97 Å². The summed E-state index contributed by atoms with van der Waals surface area (Å²) in [5.41, 5.74) is 1.46. The van der Waals surface area contributed by atoms with Crippen LogP contribution in [0.5, 0.6) is 11.5 Å². The normalized spacial score (nSPS) is 12.6. The predicted molar refractivity (Wildman–Crippen MR) is 132 cm³/mol. The van der Waals surface area contributed by atoms with Crippen LogP contribution in [0.4, 0.5) is 0 Å². The maximum atomic E-state index is 11.9. The van der Waals surface area contributed by atoms with Gasteiger partial charge in [-0.15, -0.1) is 0 Å². The van der Waals surface area contributed by atoms with E-state index in [0.717, 1.165) is 21.1 Å². The number of benzene rings is 1. The number of carbonyl (C=O) groups is 1. The lowest BCUT2D eigenvalue weighted by Gasteiger charge is -2.26. The third kappa shape index (κ3) is 4.57. The first-order chi connectivity index (χ1) is 14.2. The van der Waals surface area contributed by atoms with Gasteiger partial charge in [0.1, 0.15) is 31.5 Å². The van der Waals surface area contributed by atoms with Gasteiger partial charge in [0.15, 0.2) is 0 Å². The SMILES string of the molecule is C[Si](C)c1cc2cc(Oc3c(C(=O)O)ccc(Br)c3C(C)(C)C)cnc2n1C(C)(C)C. The Morgan fingerprint density at radius 3 is 2.29 bits per heavy atom. The van der Waals surface area contributed by atoms with E-state index in [1.54, 1.807) is 18.3 Å². The zero-order valence-electron chi connectivity index (χ0n) is 19.4. The van der Waals surface area contributed by atoms with Crippen molar-refractivity contribution in [2.24, 2.45) is 0 Å². The summed E-state index contributed by atoms with van der Waals surface area (Å²) in [7, 11) is -0.707. The molecule has 0 aliphatic carbocycles. The first-order valence-electron chi connectivity index (χ1n) is 10.3. The zero-order valence-corrected chi connectivity index (χ0v) is 22.0. The molecule has 0 saturated heterocycles. The topological polar surface area (TPSA) is 64.3 Å². The molecule has 2 aromatic heterocycles. The molecule has 3 aromatic rings. The van der Waals surface area contributed by atoms with E-state index < -0.39 is 14.8 Å². The number of fused-ring (bicyclic) bond motifs is 1. The second kappa shape index (κ2) is 8.09. The fraction of sp³-hybridized carbons (Fsp3) is 0.417. The van der Waals surface area contributed by atoms with Gasteiger partial charge in [-0.3, -0.25) is 0 Å². The average Bonchev–Trinajstić information content (AvgIpc) is 2.99. The molecule has 0 aliphatic heterocycles. The number of hydrogen-bond donors (Lipinski definition) is 1. The van der Waals surface area contributed by atoms with Crippen LogP contribution in [0.15, 0.2) is 34.9 Å². The van der Waals surface area contributed by atoms with Crippen LogP contribution in [-0.2, 0) is 11.0 Å². The first-order valence-corrected chi connectivity index (χ1v) is 13.6. The van der Waals surface area contributed by atoms with E-state index in [4.69, 9.17) is 9.72 Å². The number of aromatic carboxylic acids is 1. The molecule has 3 rings (SSSR count). The second-order valence-electron chi connectivity index (χ2n) is 10.1. The van der Waals surface area contributed by atoms with Crippen LogP contribution in [0.2, 0.25) is 13.1 Å². The van der Waals surface area contributed by atoms with E-state index in [2.05, 4.69) is 60.4 Å². The van der Waals surface area contributed by atoms with Gasteiger partial charge in [0.2, 0.25) is 0 Å². The lowest BCUT2D eigenvalue weighted by molar-refractivity contribution is 0.0694. The second-order valence-corrected chi connectivity index (χ2v) is 13.4. The molecule has 0 aliphatic rings. The number of halogens is 1. The van der Waals surface area contributed by atoms with E-state index in [0.29, 0.717) is 11.5 Å². The Bertz CT molecular complexity index is 1150. The van der Waals surface area contributed by atoms with E-state index in [9.17, 15) is 9.90 Å². The van der Waals surface area contributed by atoms with Crippen LogP contribution in [0.3, 0.4) is 0 Å². The van der Waals surface area contributed by atoms with E-state index in [-0.39, 0.29) is 16.5 Å². The van der Waals surface area contributed by atoms with Gasteiger partial charge < -0.3 is 14.4 Å². The number of nitrogens with zero attached hydrogens (tertiary/aromatic N) is 2. The average molecular weight is 503 g/mol. The van der Waals surface area contributed by atoms with Gasteiger partial charge in [-0.05, 0) is 50.5 Å². The highest BCUT2D eigenvalue weighted by molar-refractivity contribution is 9.10. The summed E-state index contributed by atoms with van der Waals surface area (Å²) in [6, 6.07) is 7.48. The van der Waals surface area contributed by atoms with Gasteiger partial charge in [0.05, 0.1) is 6.20 Å². The van der Waals surface area contributed by atoms with Crippen molar-refractivity contribution >= 4 is 47.0 Å². The number of carboxylic acids is 1. The molecule has 0 bridgehead atoms. The lowest BCUT2D eigenvalue weighted by atomic mass is 9.85. The van der Waals surface area contributed by atoms with Gasteiger partial charge in [-0.1, -0.05) is 49.8 Å². The molecule has 0 saturated carbocycles. The molecule has 0 fully saturated rings. The molecule has 0 atom stereocenters. The minimum atomic E-state index is -1.02. The summed E-state index contributed by atoms with van der Waals surface area (Å²) < 4.78 is 9.37. The number of rotatable bonds is 4. The van der Waals surface area contributed by atoms with Gasteiger partial charge in [0, 0.05) is 26.3 Å². The third-order valence-electron chi connectivity index (χ3n) is 5.11. The summed E-state index contributed by atoms with van der Waals surface area (Å²) in [5, 5.41) is 12.1. The summed E-state index contributed by atoms with van der Waals surface area (Å²) in [6.07, 6.45) is 1.69. The Morgan fingerprint density at radius 2 is 1.77 bits per heavy atom. The Labute approximate surface area is 194 Å². The molecule has 0 amide bonds. The molecule has 2 heterocycles. The number of ether oxygens (including phenoxy) is 1. The largest absolute Gasteiger partial charge is 0.478 e. The highest BCUT2D eigenvalue weighted by Crippen LogP contribution is 2.42. The van der Waals surface area contributed by atoms with Crippen molar-refractivity contribution in [2.45, 2.75) is 65.6 Å². The van der Waals surface area contributed by atoms with Crippen molar-refractivity contribution in [3.8, 4) is 11.5 Å². The summed E-state index contributed by atoms with van der Waals surface area (Å²) >= 11 is 3.58. The maximum Gasteiger partial charge on any atom is 0.339 e. The fourth-order valence-corrected chi connectivity index (χ4v) is 6.07. The van der Waals surface area contributed by atoms with E-state index in [1.165, 1.54) is 5.32 Å². The summed E-state index contributed by atoms with van der Waals surface area (Å²) in [4.78, 5) is 16.7. The number of aromatic nitrogens is 2. The summed E-state index contributed by atoms with van der Waals surface area (Å²) in [5.74, 6) is -0.147. The molecule has 165 valence electrons. The molecule has 1 aromatic carbocycles. The van der Waals surface area contributed by atoms with Crippen molar-refractivity contribution in [1.82, 2.24) is 9.55 Å². The molecule has 1 N–H and O–H groups in total. The van der Waals surface area contributed by atoms with Crippen molar-refractivity contribution in [3.05, 3.63) is 46.1 Å². The van der Waals surface area contributed by atoms with Crippen LogP contribution in [0.25, 0.3) is 11.0 Å². The Balaban J connectivity index is 2.20. The quantitative estimate of drug-likeness (QED) is 0.425. The van der Waals surface area contributed by atoms with Crippen LogP contribution in [0.1, 0.15) is 57.5 Å². The molecule has 0 unspecified atom stereocenters.